The van der Waals surface area contributed by atoms with Crippen molar-refractivity contribution in [2.24, 2.45) is 0 Å². The lowest BCUT2D eigenvalue weighted by atomic mass is 10.1. The first-order chi connectivity index (χ1) is 7.63. The molecule has 1 atom stereocenters. The molecule has 4 nitrogen and oxygen atoms in total. The van der Waals surface area contributed by atoms with E-state index in [9.17, 15) is 9.90 Å². The lowest BCUT2D eigenvalue weighted by molar-refractivity contribution is -0.194. The van der Waals surface area contributed by atoms with Crippen molar-refractivity contribution in [3.63, 3.8) is 0 Å². The molecule has 0 heterocycles. The number of rotatable bonds is 5. The van der Waals surface area contributed by atoms with E-state index in [1.165, 1.54) is 12.0 Å². The van der Waals surface area contributed by atoms with Gasteiger partial charge in [-0.15, -0.1) is 5.06 Å². The average Bonchev–Trinajstić information content (AvgIpc) is 2.26. The molecule has 0 fully saturated rings. The Hall–Kier alpha value is -1.39. The van der Waals surface area contributed by atoms with Crippen molar-refractivity contribution < 1.29 is 14.7 Å². The molecular weight excluding hydrogens is 206 g/mol. The van der Waals surface area contributed by atoms with E-state index in [-0.39, 0.29) is 18.6 Å². The van der Waals surface area contributed by atoms with Gasteiger partial charge in [0.05, 0.1) is 12.6 Å². The first kappa shape index (κ1) is 12.7. The maximum atomic E-state index is 10.8. The molecule has 4 heteroatoms. The Labute approximate surface area is 95.4 Å². The highest BCUT2D eigenvalue weighted by Crippen LogP contribution is 2.07. The first-order valence-corrected chi connectivity index (χ1v) is 5.19. The summed E-state index contributed by atoms with van der Waals surface area (Å²) < 4.78 is 0. The highest BCUT2D eigenvalue weighted by Gasteiger charge is 2.16. The van der Waals surface area contributed by atoms with Crippen molar-refractivity contribution in [3.8, 4) is 0 Å². The number of likely N-dealkylation sites (N-methyl/N-ethyl adjacent to an activating group) is 1. The lowest BCUT2D eigenvalue weighted by Crippen LogP contribution is -2.37. The molecule has 0 aliphatic carbocycles. The third kappa shape index (κ3) is 4.00. The van der Waals surface area contributed by atoms with E-state index in [0.29, 0.717) is 6.42 Å². The summed E-state index contributed by atoms with van der Waals surface area (Å²) in [6.45, 7) is 1.28. The number of carbonyl (C=O) groups excluding carboxylic acids is 1. The number of benzene rings is 1. The van der Waals surface area contributed by atoms with E-state index < -0.39 is 0 Å². The van der Waals surface area contributed by atoms with E-state index in [1.54, 1.807) is 7.05 Å². The molecule has 1 aromatic rings. The van der Waals surface area contributed by atoms with Crippen LogP contribution in [0.1, 0.15) is 12.5 Å². The third-order valence-electron chi connectivity index (χ3n) is 2.31. The number of aliphatic hydroxyl groups is 1. The van der Waals surface area contributed by atoms with Crippen molar-refractivity contribution >= 4 is 5.97 Å². The van der Waals surface area contributed by atoms with Gasteiger partial charge < -0.3 is 9.94 Å². The molecule has 0 aliphatic heterocycles. The predicted molar refractivity (Wildman–Crippen MR) is 60.5 cm³/mol. The molecule has 1 aromatic carbocycles. The van der Waals surface area contributed by atoms with Crippen molar-refractivity contribution in [1.82, 2.24) is 5.06 Å². The summed E-state index contributed by atoms with van der Waals surface area (Å²) in [5.74, 6) is -0.381. The monoisotopic (exact) mass is 223 g/mol. The van der Waals surface area contributed by atoms with Gasteiger partial charge in [0.1, 0.15) is 0 Å². The summed E-state index contributed by atoms with van der Waals surface area (Å²) in [5, 5.41) is 10.6. The highest BCUT2D eigenvalue weighted by molar-refractivity contribution is 5.65. The highest BCUT2D eigenvalue weighted by atomic mass is 16.7. The van der Waals surface area contributed by atoms with Gasteiger partial charge in [-0.2, -0.15) is 0 Å². The number of carbonyl (C=O) groups is 1. The summed E-state index contributed by atoms with van der Waals surface area (Å²) in [7, 11) is 1.64. The van der Waals surface area contributed by atoms with Crippen LogP contribution in [0.15, 0.2) is 30.3 Å². The Bertz CT molecular complexity index is 326. The first-order valence-electron chi connectivity index (χ1n) is 5.19. The molecule has 0 amide bonds. The van der Waals surface area contributed by atoms with Gasteiger partial charge in [-0.05, 0) is 12.0 Å². The standard InChI is InChI=1S/C12H17NO3/c1-10(15)16-13(2)12(9-14)8-11-6-4-3-5-7-11/h3-7,12,14H,8-9H2,1-2H3/t12-/m0/s1. The van der Waals surface area contributed by atoms with Crippen molar-refractivity contribution in [3.05, 3.63) is 35.9 Å². The van der Waals surface area contributed by atoms with Crippen LogP contribution in [0.4, 0.5) is 0 Å². The zero-order valence-corrected chi connectivity index (χ0v) is 9.59. The summed E-state index contributed by atoms with van der Waals surface area (Å²) in [4.78, 5) is 15.7. The van der Waals surface area contributed by atoms with Crippen molar-refractivity contribution in [1.29, 1.82) is 0 Å². The minimum absolute atomic E-state index is 0.0569. The zero-order chi connectivity index (χ0) is 12.0. The second-order valence-corrected chi connectivity index (χ2v) is 3.66. The van der Waals surface area contributed by atoms with Gasteiger partial charge in [-0.1, -0.05) is 30.3 Å². The average molecular weight is 223 g/mol. The molecule has 88 valence electrons. The fraction of sp³-hybridized carbons (Fsp3) is 0.417. The van der Waals surface area contributed by atoms with Gasteiger partial charge in [-0.3, -0.25) is 4.79 Å². The number of aliphatic hydroxyl groups excluding tert-OH is 1. The minimum Gasteiger partial charge on any atom is -0.395 e. The largest absolute Gasteiger partial charge is 0.395 e. The Morgan fingerprint density at radius 2 is 2.06 bits per heavy atom. The quantitative estimate of drug-likeness (QED) is 0.757. The smallest absolute Gasteiger partial charge is 0.322 e. The van der Waals surface area contributed by atoms with Gasteiger partial charge >= 0.3 is 5.97 Å². The number of hydrogen-bond donors (Lipinski definition) is 1. The van der Waals surface area contributed by atoms with E-state index >= 15 is 0 Å². The van der Waals surface area contributed by atoms with E-state index in [2.05, 4.69) is 0 Å². The molecular formula is C12H17NO3. The van der Waals surface area contributed by atoms with Crippen LogP contribution in [-0.4, -0.2) is 35.8 Å². The van der Waals surface area contributed by atoms with Gasteiger partial charge in [0.2, 0.25) is 0 Å². The molecule has 0 saturated heterocycles. The fourth-order valence-electron chi connectivity index (χ4n) is 1.47. The Morgan fingerprint density at radius 1 is 1.44 bits per heavy atom. The third-order valence-corrected chi connectivity index (χ3v) is 2.31. The van der Waals surface area contributed by atoms with E-state index in [1.807, 2.05) is 30.3 Å². The Kier molecular flexibility index (Phi) is 4.95. The maximum Gasteiger partial charge on any atom is 0.322 e. The summed E-state index contributed by atoms with van der Waals surface area (Å²) >= 11 is 0. The molecule has 0 saturated carbocycles. The van der Waals surface area contributed by atoms with Crippen LogP contribution in [0, 0.1) is 0 Å². The van der Waals surface area contributed by atoms with Crippen molar-refractivity contribution in [2.75, 3.05) is 13.7 Å². The van der Waals surface area contributed by atoms with E-state index in [0.717, 1.165) is 5.56 Å². The SMILES string of the molecule is CC(=O)ON(C)[C@H](CO)Cc1ccccc1. The topological polar surface area (TPSA) is 49.8 Å². The molecule has 16 heavy (non-hydrogen) atoms. The molecule has 0 spiro atoms. The normalized spacial score (nSPS) is 12.5. The van der Waals surface area contributed by atoms with Gasteiger partial charge in [0.25, 0.3) is 0 Å². The summed E-state index contributed by atoms with van der Waals surface area (Å²) in [6, 6.07) is 9.55. The van der Waals surface area contributed by atoms with Crippen LogP contribution in [0.3, 0.4) is 0 Å². The van der Waals surface area contributed by atoms with Gasteiger partial charge in [0.15, 0.2) is 0 Å². The molecule has 0 aliphatic rings. The van der Waals surface area contributed by atoms with Crippen LogP contribution < -0.4 is 0 Å². The Balaban J connectivity index is 2.58. The van der Waals surface area contributed by atoms with Crippen LogP contribution in [0.2, 0.25) is 0 Å². The molecule has 1 N–H and O–H groups in total. The second-order valence-electron chi connectivity index (χ2n) is 3.66. The number of hydrogen-bond acceptors (Lipinski definition) is 4. The minimum atomic E-state index is -0.381. The molecule has 0 aromatic heterocycles. The lowest BCUT2D eigenvalue weighted by Gasteiger charge is -2.24. The van der Waals surface area contributed by atoms with E-state index in [4.69, 9.17) is 4.84 Å². The number of nitrogens with zero attached hydrogens (tertiary/aromatic N) is 1. The summed E-state index contributed by atoms with van der Waals surface area (Å²) in [5.41, 5.74) is 1.10. The number of hydroxylamine groups is 2. The second kappa shape index (κ2) is 6.25. The molecule has 0 bridgehead atoms. The maximum absolute atomic E-state index is 10.8. The van der Waals surface area contributed by atoms with Crippen LogP contribution in [-0.2, 0) is 16.1 Å². The van der Waals surface area contributed by atoms with Crippen molar-refractivity contribution in [2.45, 2.75) is 19.4 Å². The Morgan fingerprint density at radius 3 is 2.56 bits per heavy atom. The van der Waals surface area contributed by atoms with Crippen LogP contribution >= 0.6 is 0 Å². The molecule has 1 rings (SSSR count). The molecule has 0 unspecified atom stereocenters. The molecule has 0 radical (unpaired) electrons. The van der Waals surface area contributed by atoms with Gasteiger partial charge in [0, 0.05) is 14.0 Å². The van der Waals surface area contributed by atoms with Crippen LogP contribution in [0.25, 0.3) is 0 Å². The van der Waals surface area contributed by atoms with Crippen LogP contribution in [0.5, 0.6) is 0 Å². The predicted octanol–water partition coefficient (Wildman–Crippen LogP) is 1.000. The zero-order valence-electron chi connectivity index (χ0n) is 9.59. The summed E-state index contributed by atoms with van der Waals surface area (Å²) in [6.07, 6.45) is 0.640. The fourth-order valence-corrected chi connectivity index (χ4v) is 1.47. The van der Waals surface area contributed by atoms with Gasteiger partial charge in [-0.25, -0.2) is 0 Å².